The van der Waals surface area contributed by atoms with Gasteiger partial charge in [0, 0.05) is 22.3 Å². The Labute approximate surface area is 119 Å². The number of hydrogen-bond acceptors (Lipinski definition) is 1. The molecule has 0 fully saturated rings. The first-order chi connectivity index (χ1) is 8.91. The summed E-state index contributed by atoms with van der Waals surface area (Å²) in [6.07, 6.45) is -1.10. The molecule has 0 amide bonds. The topological polar surface area (TPSA) is 17.8 Å². The summed E-state index contributed by atoms with van der Waals surface area (Å²) in [7, 11) is 0. The lowest BCUT2D eigenvalue weighted by Gasteiger charge is -2.07. The van der Waals surface area contributed by atoms with Gasteiger partial charge in [0.1, 0.15) is 5.69 Å². The molecule has 0 unspecified atom stereocenters. The second-order valence-electron chi connectivity index (χ2n) is 4.74. The minimum absolute atomic E-state index is 0.0278. The van der Waals surface area contributed by atoms with Gasteiger partial charge in [0.25, 0.3) is 6.43 Å². The van der Waals surface area contributed by atoms with Gasteiger partial charge in [-0.1, -0.05) is 18.2 Å². The highest BCUT2D eigenvalue weighted by Crippen LogP contribution is 2.36. The summed E-state index contributed by atoms with van der Waals surface area (Å²) in [5.74, 6) is 0. The van der Waals surface area contributed by atoms with Gasteiger partial charge in [0.2, 0.25) is 0 Å². The highest BCUT2D eigenvalue weighted by Gasteiger charge is 2.21. The van der Waals surface area contributed by atoms with Crippen molar-refractivity contribution in [3.8, 4) is 11.3 Å². The van der Waals surface area contributed by atoms with E-state index in [-0.39, 0.29) is 11.6 Å². The van der Waals surface area contributed by atoms with E-state index in [0.717, 1.165) is 10.0 Å². The largest absolute Gasteiger partial charge is 0.269 e. The van der Waals surface area contributed by atoms with Crippen LogP contribution in [0.15, 0.2) is 28.9 Å². The lowest BCUT2D eigenvalue weighted by Crippen LogP contribution is -2.00. The molecule has 1 aromatic heterocycles. The fourth-order valence-electron chi connectivity index (χ4n) is 1.87. The number of aromatic nitrogens is 2. The average molecular weight is 329 g/mol. The molecule has 19 heavy (non-hydrogen) atoms. The maximum Gasteiger partial charge on any atom is 0.267 e. The lowest BCUT2D eigenvalue weighted by atomic mass is 10.1. The fourth-order valence-corrected chi connectivity index (χ4v) is 2.32. The van der Waals surface area contributed by atoms with Crippen molar-refractivity contribution in [2.75, 3.05) is 0 Å². The van der Waals surface area contributed by atoms with Crippen LogP contribution in [0, 0.1) is 6.92 Å². The summed E-state index contributed by atoms with van der Waals surface area (Å²) in [6.45, 7) is 5.75. The number of halogens is 3. The smallest absolute Gasteiger partial charge is 0.267 e. The normalized spacial score (nSPS) is 11.6. The highest BCUT2D eigenvalue weighted by atomic mass is 79.9. The second-order valence-corrected chi connectivity index (χ2v) is 5.54. The van der Waals surface area contributed by atoms with Crippen molar-refractivity contribution < 1.29 is 8.78 Å². The van der Waals surface area contributed by atoms with E-state index < -0.39 is 6.43 Å². The van der Waals surface area contributed by atoms with Gasteiger partial charge in [0.15, 0.2) is 0 Å². The number of nitrogens with zero attached hydrogens (tertiary/aromatic N) is 2. The molecular weight excluding hydrogens is 314 g/mol. The van der Waals surface area contributed by atoms with Gasteiger partial charge in [-0.3, -0.25) is 4.68 Å². The van der Waals surface area contributed by atoms with Gasteiger partial charge in [-0.25, -0.2) is 8.78 Å². The number of benzene rings is 1. The van der Waals surface area contributed by atoms with Crippen LogP contribution in [-0.4, -0.2) is 9.78 Å². The van der Waals surface area contributed by atoms with Crippen LogP contribution in [0.25, 0.3) is 11.3 Å². The van der Waals surface area contributed by atoms with Crippen molar-refractivity contribution in [2.24, 2.45) is 0 Å². The Balaban J connectivity index is 2.63. The zero-order chi connectivity index (χ0) is 14.2. The molecule has 0 saturated carbocycles. The molecule has 102 valence electrons. The van der Waals surface area contributed by atoms with Gasteiger partial charge < -0.3 is 0 Å². The monoisotopic (exact) mass is 328 g/mol. The number of aryl methyl sites for hydroxylation is 1. The fraction of sp³-hybridized carbons (Fsp3) is 0.357. The number of alkyl halides is 2. The molecule has 0 aliphatic carbocycles. The second kappa shape index (κ2) is 5.41. The minimum Gasteiger partial charge on any atom is -0.269 e. The Hall–Kier alpha value is -1.23. The lowest BCUT2D eigenvalue weighted by molar-refractivity contribution is 0.152. The van der Waals surface area contributed by atoms with E-state index in [0.29, 0.717) is 11.3 Å². The van der Waals surface area contributed by atoms with Crippen molar-refractivity contribution in [2.45, 2.75) is 33.2 Å². The molecular formula is C14H15BrF2N2. The first-order valence-electron chi connectivity index (χ1n) is 6.04. The molecule has 0 spiro atoms. The Morgan fingerprint density at radius 2 is 1.95 bits per heavy atom. The summed E-state index contributed by atoms with van der Waals surface area (Å²) in [5, 5.41) is 4.31. The minimum atomic E-state index is -2.53. The number of rotatable bonds is 3. The van der Waals surface area contributed by atoms with Crippen LogP contribution in [0.3, 0.4) is 0 Å². The summed E-state index contributed by atoms with van der Waals surface area (Å²) in [4.78, 5) is 0. The molecule has 0 saturated heterocycles. The average Bonchev–Trinajstić information content (AvgIpc) is 2.77. The predicted octanol–water partition coefficient (Wildman–Crippen LogP) is 5.14. The van der Waals surface area contributed by atoms with Crippen molar-refractivity contribution >= 4 is 15.9 Å². The van der Waals surface area contributed by atoms with Crippen molar-refractivity contribution in [1.82, 2.24) is 9.78 Å². The Kier molecular flexibility index (Phi) is 4.04. The molecule has 2 nitrogen and oxygen atoms in total. The van der Waals surface area contributed by atoms with Gasteiger partial charge in [-0.05, 0) is 42.3 Å². The molecule has 5 heteroatoms. The van der Waals surface area contributed by atoms with E-state index >= 15 is 0 Å². The molecule has 0 bridgehead atoms. The van der Waals surface area contributed by atoms with Crippen LogP contribution in [0.1, 0.15) is 37.4 Å². The van der Waals surface area contributed by atoms with E-state index in [2.05, 4.69) is 21.0 Å². The highest BCUT2D eigenvalue weighted by molar-refractivity contribution is 9.10. The predicted molar refractivity (Wildman–Crippen MR) is 75.4 cm³/mol. The Morgan fingerprint density at radius 3 is 2.53 bits per heavy atom. The molecule has 2 rings (SSSR count). The SMILES string of the molecule is Cc1cccc(-c2nn(C(C)C)cc2C(F)F)c1Br. The van der Waals surface area contributed by atoms with Crippen LogP contribution in [0.2, 0.25) is 0 Å². The molecule has 0 aliphatic rings. The molecule has 2 aromatic rings. The van der Waals surface area contributed by atoms with Gasteiger partial charge >= 0.3 is 0 Å². The first-order valence-corrected chi connectivity index (χ1v) is 6.83. The summed E-state index contributed by atoms with van der Waals surface area (Å²) in [5.41, 5.74) is 2.02. The maximum absolute atomic E-state index is 13.2. The quantitative estimate of drug-likeness (QED) is 0.762. The van der Waals surface area contributed by atoms with Crippen LogP contribution < -0.4 is 0 Å². The third-order valence-corrected chi connectivity index (χ3v) is 4.02. The van der Waals surface area contributed by atoms with Crippen molar-refractivity contribution in [1.29, 1.82) is 0 Å². The molecule has 0 radical (unpaired) electrons. The van der Waals surface area contributed by atoms with E-state index in [1.54, 1.807) is 10.7 Å². The summed E-state index contributed by atoms with van der Waals surface area (Å²) < 4.78 is 28.7. The molecule has 0 aliphatic heterocycles. The van der Waals surface area contributed by atoms with Crippen LogP contribution >= 0.6 is 15.9 Å². The van der Waals surface area contributed by atoms with Gasteiger partial charge in [-0.15, -0.1) is 0 Å². The van der Waals surface area contributed by atoms with E-state index in [9.17, 15) is 8.78 Å². The Bertz CT molecular complexity index is 591. The van der Waals surface area contributed by atoms with Crippen LogP contribution in [0.4, 0.5) is 8.78 Å². The van der Waals surface area contributed by atoms with Crippen molar-refractivity contribution in [3.63, 3.8) is 0 Å². The number of hydrogen-bond donors (Lipinski definition) is 0. The molecule has 1 heterocycles. The van der Waals surface area contributed by atoms with E-state index in [1.165, 1.54) is 6.20 Å². The molecule has 1 aromatic carbocycles. The van der Waals surface area contributed by atoms with E-state index in [4.69, 9.17) is 0 Å². The van der Waals surface area contributed by atoms with Crippen molar-refractivity contribution in [3.05, 3.63) is 40.0 Å². The Morgan fingerprint density at radius 1 is 1.26 bits per heavy atom. The third-order valence-electron chi connectivity index (χ3n) is 2.97. The van der Waals surface area contributed by atoms with Crippen LogP contribution in [0.5, 0.6) is 0 Å². The standard InChI is InChI=1S/C14H15BrF2N2/c1-8(2)19-7-11(14(16)17)13(18-19)10-6-4-5-9(3)12(10)15/h4-8,14H,1-3H3. The third kappa shape index (κ3) is 2.71. The summed E-state index contributed by atoms with van der Waals surface area (Å²) >= 11 is 3.45. The zero-order valence-electron chi connectivity index (χ0n) is 11.0. The zero-order valence-corrected chi connectivity index (χ0v) is 12.6. The van der Waals surface area contributed by atoms with Gasteiger partial charge in [-0.2, -0.15) is 5.10 Å². The van der Waals surface area contributed by atoms with Gasteiger partial charge in [0.05, 0.1) is 5.56 Å². The summed E-state index contributed by atoms with van der Waals surface area (Å²) in [6, 6.07) is 5.62. The molecule has 0 atom stereocenters. The molecule has 0 N–H and O–H groups in total. The first kappa shape index (κ1) is 14.2. The maximum atomic E-state index is 13.2. The van der Waals surface area contributed by atoms with E-state index in [1.807, 2.05) is 32.9 Å². The van der Waals surface area contributed by atoms with Crippen LogP contribution in [-0.2, 0) is 0 Å².